The number of aryl methyl sites for hydroxylation is 1. The van der Waals surface area contributed by atoms with Crippen LogP contribution in [0.2, 0.25) is 0 Å². The van der Waals surface area contributed by atoms with E-state index in [1.807, 2.05) is 22.9 Å². The standard InChI is InChI=1S/C21H23N3O2/c25-18(14-24-13-12-23-21(24)17-8-10-22-11-9-17)15-26-20-7-3-5-16-4-1-2-6-19(16)20/h1-2,4,6,8-13,18,20,25H,3,5,7,14-15H2/t18-,20-/m1/s1. The van der Waals surface area contributed by atoms with Gasteiger partial charge in [-0.25, -0.2) is 4.98 Å². The Kier molecular flexibility index (Phi) is 5.09. The molecule has 1 aliphatic carbocycles. The molecule has 134 valence electrons. The highest BCUT2D eigenvalue weighted by Gasteiger charge is 2.21. The lowest BCUT2D eigenvalue weighted by atomic mass is 9.89. The Balaban J connectivity index is 1.39. The molecule has 1 N–H and O–H groups in total. The van der Waals surface area contributed by atoms with Gasteiger partial charge in [-0.3, -0.25) is 4.98 Å². The van der Waals surface area contributed by atoms with E-state index >= 15 is 0 Å². The number of hydrogen-bond acceptors (Lipinski definition) is 4. The van der Waals surface area contributed by atoms with E-state index < -0.39 is 6.10 Å². The van der Waals surface area contributed by atoms with E-state index in [4.69, 9.17) is 4.74 Å². The van der Waals surface area contributed by atoms with Gasteiger partial charge in [-0.1, -0.05) is 24.3 Å². The first-order chi connectivity index (χ1) is 12.8. The summed E-state index contributed by atoms with van der Waals surface area (Å²) in [7, 11) is 0. The normalized spacial score (nSPS) is 17.7. The van der Waals surface area contributed by atoms with E-state index in [1.165, 1.54) is 11.1 Å². The number of aliphatic hydroxyl groups is 1. The second kappa shape index (κ2) is 7.81. The highest BCUT2D eigenvalue weighted by atomic mass is 16.5. The molecule has 2 atom stereocenters. The minimum absolute atomic E-state index is 0.0806. The molecule has 3 aromatic rings. The van der Waals surface area contributed by atoms with Crippen molar-refractivity contribution in [2.45, 2.75) is 38.0 Å². The molecule has 0 saturated carbocycles. The Morgan fingerprint density at radius 1 is 1.15 bits per heavy atom. The number of benzene rings is 1. The van der Waals surface area contributed by atoms with Gasteiger partial charge < -0.3 is 14.4 Å². The molecule has 5 heteroatoms. The maximum absolute atomic E-state index is 10.5. The van der Waals surface area contributed by atoms with Gasteiger partial charge in [-0.05, 0) is 42.5 Å². The number of hydrogen-bond donors (Lipinski definition) is 1. The van der Waals surface area contributed by atoms with Crippen molar-refractivity contribution in [2.75, 3.05) is 6.61 Å². The van der Waals surface area contributed by atoms with Crippen molar-refractivity contribution in [2.24, 2.45) is 0 Å². The minimum atomic E-state index is -0.584. The number of aromatic nitrogens is 3. The van der Waals surface area contributed by atoms with Crippen LogP contribution in [0.4, 0.5) is 0 Å². The van der Waals surface area contributed by atoms with Crippen molar-refractivity contribution >= 4 is 0 Å². The van der Waals surface area contributed by atoms with Gasteiger partial charge in [0.15, 0.2) is 0 Å². The SMILES string of the molecule is O[C@@H](CO[C@@H]1CCCc2ccccc21)Cn1ccnc1-c1ccncc1. The largest absolute Gasteiger partial charge is 0.389 e. The predicted molar refractivity (Wildman–Crippen MR) is 99.5 cm³/mol. The summed E-state index contributed by atoms with van der Waals surface area (Å²) in [5.41, 5.74) is 3.62. The summed E-state index contributed by atoms with van der Waals surface area (Å²) in [6, 6.07) is 12.3. The Labute approximate surface area is 153 Å². The second-order valence-electron chi connectivity index (χ2n) is 6.71. The molecule has 0 radical (unpaired) electrons. The number of nitrogens with zero attached hydrogens (tertiary/aromatic N) is 3. The van der Waals surface area contributed by atoms with E-state index in [0.29, 0.717) is 13.2 Å². The van der Waals surface area contributed by atoms with Crippen molar-refractivity contribution in [1.29, 1.82) is 0 Å². The topological polar surface area (TPSA) is 60.2 Å². The van der Waals surface area contributed by atoms with Gasteiger partial charge in [0.2, 0.25) is 0 Å². The smallest absolute Gasteiger partial charge is 0.140 e. The second-order valence-corrected chi connectivity index (χ2v) is 6.71. The third kappa shape index (κ3) is 3.69. The zero-order valence-corrected chi connectivity index (χ0v) is 14.7. The highest BCUT2D eigenvalue weighted by Crippen LogP contribution is 2.32. The van der Waals surface area contributed by atoms with Crippen LogP contribution in [-0.4, -0.2) is 32.4 Å². The molecule has 5 nitrogen and oxygen atoms in total. The molecule has 1 aliphatic rings. The van der Waals surface area contributed by atoms with Gasteiger partial charge in [-0.2, -0.15) is 0 Å². The average molecular weight is 349 g/mol. The monoisotopic (exact) mass is 349 g/mol. The lowest BCUT2D eigenvalue weighted by Crippen LogP contribution is -2.24. The molecule has 4 rings (SSSR count). The molecule has 0 amide bonds. The van der Waals surface area contributed by atoms with Crippen LogP contribution in [0.25, 0.3) is 11.4 Å². The predicted octanol–water partition coefficient (Wildman–Crippen LogP) is 3.40. The number of ether oxygens (including phenoxy) is 1. The van der Waals surface area contributed by atoms with Crippen molar-refractivity contribution in [3.8, 4) is 11.4 Å². The zero-order chi connectivity index (χ0) is 17.8. The van der Waals surface area contributed by atoms with Gasteiger partial charge >= 0.3 is 0 Å². The van der Waals surface area contributed by atoms with E-state index in [1.54, 1.807) is 18.6 Å². The van der Waals surface area contributed by atoms with Gasteiger partial charge in [0.25, 0.3) is 0 Å². The molecule has 26 heavy (non-hydrogen) atoms. The van der Waals surface area contributed by atoms with Crippen LogP contribution in [0.5, 0.6) is 0 Å². The van der Waals surface area contributed by atoms with Crippen LogP contribution in [0.1, 0.15) is 30.1 Å². The lowest BCUT2D eigenvalue weighted by molar-refractivity contribution is -0.0224. The summed E-state index contributed by atoms with van der Waals surface area (Å²) >= 11 is 0. The number of pyridine rings is 1. The van der Waals surface area contributed by atoms with Crippen molar-refractivity contribution < 1.29 is 9.84 Å². The first-order valence-corrected chi connectivity index (χ1v) is 9.10. The molecular formula is C21H23N3O2. The van der Waals surface area contributed by atoms with Crippen molar-refractivity contribution in [3.63, 3.8) is 0 Å². The van der Waals surface area contributed by atoms with E-state index in [0.717, 1.165) is 30.7 Å². The number of rotatable bonds is 6. The number of fused-ring (bicyclic) bond motifs is 1. The van der Waals surface area contributed by atoms with Gasteiger partial charge in [-0.15, -0.1) is 0 Å². The quantitative estimate of drug-likeness (QED) is 0.741. The fourth-order valence-electron chi connectivity index (χ4n) is 3.61. The van der Waals surface area contributed by atoms with E-state index in [9.17, 15) is 5.11 Å². The summed E-state index contributed by atoms with van der Waals surface area (Å²) < 4.78 is 8.03. The molecule has 0 fully saturated rings. The van der Waals surface area contributed by atoms with Crippen LogP contribution in [-0.2, 0) is 17.7 Å². The molecule has 0 bridgehead atoms. The van der Waals surface area contributed by atoms with Crippen LogP contribution in [0.15, 0.2) is 61.2 Å². The molecule has 0 spiro atoms. The third-order valence-electron chi connectivity index (χ3n) is 4.87. The molecule has 0 unspecified atom stereocenters. The molecule has 1 aromatic carbocycles. The van der Waals surface area contributed by atoms with Crippen molar-refractivity contribution in [1.82, 2.24) is 14.5 Å². The van der Waals surface area contributed by atoms with E-state index in [-0.39, 0.29) is 6.10 Å². The number of aliphatic hydroxyl groups excluding tert-OH is 1. The van der Waals surface area contributed by atoms with E-state index in [2.05, 4.69) is 34.2 Å². The fraction of sp³-hybridized carbons (Fsp3) is 0.333. The Morgan fingerprint density at radius 3 is 2.88 bits per heavy atom. The summed E-state index contributed by atoms with van der Waals surface area (Å²) in [6.07, 6.45) is 9.88. The summed E-state index contributed by atoms with van der Waals surface area (Å²) in [5.74, 6) is 0.828. The van der Waals surface area contributed by atoms with Crippen LogP contribution in [0.3, 0.4) is 0 Å². The molecule has 2 heterocycles. The molecule has 0 saturated heterocycles. The first kappa shape index (κ1) is 16.9. The van der Waals surface area contributed by atoms with Crippen LogP contribution < -0.4 is 0 Å². The fourth-order valence-corrected chi connectivity index (χ4v) is 3.61. The molecular weight excluding hydrogens is 326 g/mol. The van der Waals surface area contributed by atoms with Crippen LogP contribution >= 0.6 is 0 Å². The maximum Gasteiger partial charge on any atom is 0.140 e. The Morgan fingerprint density at radius 2 is 2.00 bits per heavy atom. The van der Waals surface area contributed by atoms with Gasteiger partial charge in [0.1, 0.15) is 5.82 Å². The maximum atomic E-state index is 10.5. The lowest BCUT2D eigenvalue weighted by Gasteiger charge is -2.26. The average Bonchev–Trinajstić information content (AvgIpc) is 3.15. The Bertz CT molecular complexity index is 847. The summed E-state index contributed by atoms with van der Waals surface area (Å²) in [4.78, 5) is 8.44. The molecule has 2 aromatic heterocycles. The zero-order valence-electron chi connectivity index (χ0n) is 14.7. The minimum Gasteiger partial charge on any atom is -0.389 e. The summed E-state index contributed by atoms with van der Waals surface area (Å²) in [5, 5.41) is 10.5. The van der Waals surface area contributed by atoms with Gasteiger partial charge in [0, 0.05) is 30.4 Å². The third-order valence-corrected chi connectivity index (χ3v) is 4.87. The van der Waals surface area contributed by atoms with Gasteiger partial charge in [0.05, 0.1) is 25.4 Å². The number of imidazole rings is 1. The summed E-state index contributed by atoms with van der Waals surface area (Å²) in [6.45, 7) is 0.763. The van der Waals surface area contributed by atoms with Crippen LogP contribution in [0, 0.1) is 0 Å². The van der Waals surface area contributed by atoms with Crippen molar-refractivity contribution in [3.05, 3.63) is 72.3 Å². The first-order valence-electron chi connectivity index (χ1n) is 9.10. The highest BCUT2D eigenvalue weighted by molar-refractivity contribution is 5.54. The Hall–Kier alpha value is -2.50. The molecule has 0 aliphatic heterocycles.